The van der Waals surface area contributed by atoms with Gasteiger partial charge in [0.05, 0.1) is 6.54 Å². The lowest BCUT2D eigenvalue weighted by Gasteiger charge is -2.13. The van der Waals surface area contributed by atoms with Gasteiger partial charge in [0.2, 0.25) is 11.0 Å². The Morgan fingerprint density at radius 1 is 1.53 bits per heavy atom. The third kappa shape index (κ3) is 3.47. The van der Waals surface area contributed by atoms with Crippen molar-refractivity contribution in [1.29, 1.82) is 0 Å². The zero-order valence-electron chi connectivity index (χ0n) is 9.28. The molecule has 0 radical (unpaired) electrons. The van der Waals surface area contributed by atoms with Gasteiger partial charge in [-0.15, -0.1) is 0 Å². The molecule has 1 aromatic rings. The highest BCUT2D eigenvalue weighted by Crippen LogP contribution is 2.10. The van der Waals surface area contributed by atoms with Crippen LogP contribution < -0.4 is 5.32 Å². The van der Waals surface area contributed by atoms with Crippen LogP contribution in [0.25, 0.3) is 0 Å². The number of hydrogen-bond acceptors (Lipinski definition) is 5. The number of likely N-dealkylation sites (N-methyl/N-ethyl adjacent to an activating group) is 1. The average molecular weight is 228 g/mol. The average Bonchev–Trinajstić information content (AvgIpc) is 2.72. The molecule has 0 saturated carbocycles. The molecule has 1 N–H and O–H groups in total. The topological polar surface area (TPSA) is 58.1 Å². The number of rotatable bonds is 5. The van der Waals surface area contributed by atoms with E-state index in [1.807, 2.05) is 13.8 Å². The van der Waals surface area contributed by atoms with E-state index in [-0.39, 0.29) is 12.5 Å². The molecule has 0 atom stereocenters. The van der Waals surface area contributed by atoms with Gasteiger partial charge in [0.15, 0.2) is 0 Å². The number of amides is 1. The SMILES string of the molecule is CCc1nsc(NCC(=O)N(C)CC)n1. The second-order valence-corrected chi connectivity index (χ2v) is 3.88. The van der Waals surface area contributed by atoms with Crippen LogP contribution in [0.5, 0.6) is 0 Å². The molecule has 0 saturated heterocycles. The lowest BCUT2D eigenvalue weighted by molar-refractivity contribution is -0.127. The molecule has 0 aromatic carbocycles. The first-order valence-electron chi connectivity index (χ1n) is 4.97. The number of anilines is 1. The summed E-state index contributed by atoms with van der Waals surface area (Å²) in [4.78, 5) is 17.3. The van der Waals surface area contributed by atoms with Crippen molar-refractivity contribution in [2.45, 2.75) is 20.3 Å². The Kier molecular flexibility index (Phi) is 4.48. The molecule has 0 aliphatic rings. The van der Waals surface area contributed by atoms with Crippen molar-refractivity contribution < 1.29 is 4.79 Å². The van der Waals surface area contributed by atoms with Crippen LogP contribution in [0.4, 0.5) is 5.13 Å². The Morgan fingerprint density at radius 2 is 2.27 bits per heavy atom. The van der Waals surface area contributed by atoms with Gasteiger partial charge >= 0.3 is 0 Å². The molecule has 0 spiro atoms. The number of nitrogens with zero attached hydrogens (tertiary/aromatic N) is 3. The van der Waals surface area contributed by atoms with Crippen molar-refractivity contribution >= 4 is 22.6 Å². The van der Waals surface area contributed by atoms with E-state index in [0.717, 1.165) is 18.8 Å². The highest BCUT2D eigenvalue weighted by atomic mass is 32.1. The van der Waals surface area contributed by atoms with Gasteiger partial charge in [0, 0.05) is 31.5 Å². The maximum absolute atomic E-state index is 11.4. The lowest BCUT2D eigenvalue weighted by atomic mass is 10.5. The minimum Gasteiger partial charge on any atom is -0.351 e. The first-order chi connectivity index (χ1) is 7.17. The third-order valence-electron chi connectivity index (χ3n) is 2.08. The van der Waals surface area contributed by atoms with Crippen LogP contribution >= 0.6 is 11.5 Å². The van der Waals surface area contributed by atoms with Crippen molar-refractivity contribution in [2.75, 3.05) is 25.5 Å². The van der Waals surface area contributed by atoms with E-state index in [9.17, 15) is 4.79 Å². The van der Waals surface area contributed by atoms with Gasteiger partial charge < -0.3 is 10.2 Å². The van der Waals surface area contributed by atoms with Crippen LogP contribution in [-0.4, -0.2) is 40.3 Å². The Hall–Kier alpha value is -1.17. The summed E-state index contributed by atoms with van der Waals surface area (Å²) in [5, 5.41) is 3.68. The lowest BCUT2D eigenvalue weighted by Crippen LogP contribution is -2.31. The summed E-state index contributed by atoms with van der Waals surface area (Å²) in [6, 6.07) is 0. The monoisotopic (exact) mass is 228 g/mol. The summed E-state index contributed by atoms with van der Waals surface area (Å²) < 4.78 is 4.12. The predicted molar refractivity (Wildman–Crippen MR) is 61.1 cm³/mol. The van der Waals surface area contributed by atoms with Gasteiger partial charge in [-0.05, 0) is 6.92 Å². The molecule has 6 heteroatoms. The molecule has 5 nitrogen and oxygen atoms in total. The van der Waals surface area contributed by atoms with E-state index in [4.69, 9.17) is 0 Å². The molecular formula is C9H16N4OS. The fraction of sp³-hybridized carbons (Fsp3) is 0.667. The van der Waals surface area contributed by atoms with Crippen LogP contribution in [0.3, 0.4) is 0 Å². The number of aromatic nitrogens is 2. The fourth-order valence-electron chi connectivity index (χ4n) is 0.932. The van der Waals surface area contributed by atoms with E-state index in [2.05, 4.69) is 14.7 Å². The first kappa shape index (κ1) is 11.9. The van der Waals surface area contributed by atoms with Gasteiger partial charge in [-0.3, -0.25) is 4.79 Å². The zero-order chi connectivity index (χ0) is 11.3. The second kappa shape index (κ2) is 5.65. The zero-order valence-corrected chi connectivity index (χ0v) is 10.1. The summed E-state index contributed by atoms with van der Waals surface area (Å²) in [5.41, 5.74) is 0. The standard InChI is InChI=1S/C9H16N4OS/c1-4-7-11-9(15-12-7)10-6-8(14)13(3)5-2/h4-6H2,1-3H3,(H,10,11,12). The minimum absolute atomic E-state index is 0.0609. The molecule has 1 heterocycles. The number of nitrogens with one attached hydrogen (secondary N) is 1. The van der Waals surface area contributed by atoms with Crippen LogP contribution in [0.2, 0.25) is 0 Å². The van der Waals surface area contributed by atoms with Crippen molar-refractivity contribution in [3.63, 3.8) is 0 Å². The molecule has 0 aliphatic carbocycles. The van der Waals surface area contributed by atoms with Gasteiger partial charge in [0.1, 0.15) is 5.82 Å². The number of aryl methyl sites for hydroxylation is 1. The molecule has 0 fully saturated rings. The summed E-state index contributed by atoms with van der Waals surface area (Å²) in [6.07, 6.45) is 0.820. The number of carbonyl (C=O) groups is 1. The molecule has 1 amide bonds. The Morgan fingerprint density at radius 3 is 2.80 bits per heavy atom. The van der Waals surface area contributed by atoms with Crippen molar-refractivity contribution in [1.82, 2.24) is 14.3 Å². The largest absolute Gasteiger partial charge is 0.351 e. The number of carbonyl (C=O) groups excluding carboxylic acids is 1. The van der Waals surface area contributed by atoms with Gasteiger partial charge in [0.25, 0.3) is 0 Å². The molecular weight excluding hydrogens is 212 g/mol. The quantitative estimate of drug-likeness (QED) is 0.816. The van der Waals surface area contributed by atoms with Crippen molar-refractivity contribution in [3.05, 3.63) is 5.82 Å². The molecule has 1 aromatic heterocycles. The highest BCUT2D eigenvalue weighted by Gasteiger charge is 2.07. The maximum Gasteiger partial charge on any atom is 0.241 e. The third-order valence-corrected chi connectivity index (χ3v) is 2.79. The van der Waals surface area contributed by atoms with E-state index < -0.39 is 0 Å². The molecule has 0 aliphatic heterocycles. The van der Waals surface area contributed by atoms with Crippen molar-refractivity contribution in [3.8, 4) is 0 Å². The van der Waals surface area contributed by atoms with Crippen LogP contribution in [0.1, 0.15) is 19.7 Å². The van der Waals surface area contributed by atoms with Crippen LogP contribution in [0, 0.1) is 0 Å². The predicted octanol–water partition coefficient (Wildman–Crippen LogP) is 0.991. The summed E-state index contributed by atoms with van der Waals surface area (Å²) in [5.74, 6) is 0.879. The molecule has 0 unspecified atom stereocenters. The fourth-order valence-corrected chi connectivity index (χ4v) is 1.58. The van der Waals surface area contributed by atoms with Gasteiger partial charge in [-0.2, -0.15) is 4.37 Å². The molecule has 84 valence electrons. The number of hydrogen-bond donors (Lipinski definition) is 1. The molecule has 15 heavy (non-hydrogen) atoms. The Labute approximate surface area is 93.7 Å². The highest BCUT2D eigenvalue weighted by molar-refractivity contribution is 7.09. The molecule has 1 rings (SSSR count). The summed E-state index contributed by atoms with van der Waals surface area (Å²) >= 11 is 1.29. The Bertz CT molecular complexity index is 326. The van der Waals surface area contributed by atoms with Crippen LogP contribution in [0.15, 0.2) is 0 Å². The van der Waals surface area contributed by atoms with Gasteiger partial charge in [-0.25, -0.2) is 4.98 Å². The summed E-state index contributed by atoms with van der Waals surface area (Å²) in [6.45, 7) is 4.94. The second-order valence-electron chi connectivity index (χ2n) is 3.13. The van der Waals surface area contributed by atoms with E-state index in [1.165, 1.54) is 11.5 Å². The normalized spacial score (nSPS) is 10.1. The van der Waals surface area contributed by atoms with E-state index in [1.54, 1.807) is 11.9 Å². The Balaban J connectivity index is 2.40. The van der Waals surface area contributed by atoms with E-state index >= 15 is 0 Å². The minimum atomic E-state index is 0.0609. The van der Waals surface area contributed by atoms with Crippen molar-refractivity contribution in [2.24, 2.45) is 0 Å². The summed E-state index contributed by atoms with van der Waals surface area (Å²) in [7, 11) is 1.78. The maximum atomic E-state index is 11.4. The smallest absolute Gasteiger partial charge is 0.241 e. The van der Waals surface area contributed by atoms with Crippen LogP contribution in [-0.2, 0) is 11.2 Å². The van der Waals surface area contributed by atoms with E-state index in [0.29, 0.717) is 5.13 Å². The first-order valence-corrected chi connectivity index (χ1v) is 5.75. The van der Waals surface area contributed by atoms with Gasteiger partial charge in [-0.1, -0.05) is 6.92 Å². The molecule has 0 bridgehead atoms.